The molecule has 2 nitrogen and oxygen atoms in total. The molecule has 14 heavy (non-hydrogen) atoms. The van der Waals surface area contributed by atoms with Crippen molar-refractivity contribution in [3.8, 4) is 0 Å². The van der Waals surface area contributed by atoms with Crippen molar-refractivity contribution in [1.29, 1.82) is 0 Å². The van der Waals surface area contributed by atoms with Crippen molar-refractivity contribution in [2.24, 2.45) is 11.8 Å². The Hall–Kier alpha value is -0.290. The van der Waals surface area contributed by atoms with E-state index in [1.807, 2.05) is 4.90 Å². The summed E-state index contributed by atoms with van der Waals surface area (Å²) in [5.41, 5.74) is 0. The molecule has 0 amide bonds. The number of alkyl halides is 3. The number of nitrogens with zero attached hydrogens (tertiary/aromatic N) is 1. The van der Waals surface area contributed by atoms with Gasteiger partial charge in [-0.1, -0.05) is 0 Å². The first-order valence-electron chi connectivity index (χ1n) is 5.04. The lowest BCUT2D eigenvalue weighted by molar-refractivity contribution is -0.137. The highest BCUT2D eigenvalue weighted by Crippen LogP contribution is 2.28. The number of hydrogen-bond acceptors (Lipinski definition) is 2. The van der Waals surface area contributed by atoms with Crippen LogP contribution < -0.4 is 5.32 Å². The summed E-state index contributed by atoms with van der Waals surface area (Å²) in [4.78, 5) is 1.95. The van der Waals surface area contributed by atoms with Gasteiger partial charge in [0, 0.05) is 19.6 Å². The molecule has 2 unspecified atom stereocenters. The summed E-state index contributed by atoms with van der Waals surface area (Å²) in [5.74, 6) is 1.17. The molecule has 2 fully saturated rings. The first-order valence-corrected chi connectivity index (χ1v) is 5.04. The number of hydrogen-bond donors (Lipinski definition) is 1. The highest BCUT2D eigenvalue weighted by Gasteiger charge is 2.37. The first-order chi connectivity index (χ1) is 6.54. The summed E-state index contributed by atoms with van der Waals surface area (Å²) in [6.45, 7) is 3.82. The predicted molar refractivity (Wildman–Crippen MR) is 47.0 cm³/mol. The average molecular weight is 208 g/mol. The molecular formula is C9H15F3N2. The topological polar surface area (TPSA) is 15.3 Å². The molecule has 1 N–H and O–H groups in total. The van der Waals surface area contributed by atoms with E-state index in [0.29, 0.717) is 11.8 Å². The average Bonchev–Trinajstić information content (AvgIpc) is 2.56. The quantitative estimate of drug-likeness (QED) is 0.730. The molecule has 0 aromatic heterocycles. The SMILES string of the molecule is FC(F)(F)CCN1CC2CNCC2C1. The van der Waals surface area contributed by atoms with Crippen LogP contribution in [0.5, 0.6) is 0 Å². The number of halogens is 3. The lowest BCUT2D eigenvalue weighted by Crippen LogP contribution is -2.29. The van der Waals surface area contributed by atoms with E-state index in [2.05, 4.69) is 5.32 Å². The van der Waals surface area contributed by atoms with Crippen LogP contribution in [0.15, 0.2) is 0 Å². The normalized spacial score (nSPS) is 33.6. The Kier molecular flexibility index (Phi) is 2.70. The molecule has 0 aliphatic carbocycles. The number of nitrogens with one attached hydrogen (secondary N) is 1. The van der Waals surface area contributed by atoms with Crippen LogP contribution in [0.25, 0.3) is 0 Å². The van der Waals surface area contributed by atoms with Gasteiger partial charge in [0.15, 0.2) is 0 Å². The molecule has 2 aliphatic rings. The zero-order valence-corrected chi connectivity index (χ0v) is 7.98. The fraction of sp³-hybridized carbons (Fsp3) is 1.00. The van der Waals surface area contributed by atoms with Crippen molar-refractivity contribution >= 4 is 0 Å². The number of rotatable bonds is 2. The van der Waals surface area contributed by atoms with E-state index >= 15 is 0 Å². The van der Waals surface area contributed by atoms with Crippen LogP contribution >= 0.6 is 0 Å². The second kappa shape index (κ2) is 3.70. The van der Waals surface area contributed by atoms with Crippen molar-refractivity contribution in [1.82, 2.24) is 10.2 Å². The molecule has 0 spiro atoms. The van der Waals surface area contributed by atoms with Gasteiger partial charge in [-0.05, 0) is 24.9 Å². The maximum atomic E-state index is 12.0. The lowest BCUT2D eigenvalue weighted by atomic mass is 10.0. The van der Waals surface area contributed by atoms with Crippen molar-refractivity contribution in [2.45, 2.75) is 12.6 Å². The van der Waals surface area contributed by atoms with Gasteiger partial charge < -0.3 is 10.2 Å². The van der Waals surface area contributed by atoms with Crippen LogP contribution in [-0.4, -0.2) is 43.8 Å². The summed E-state index contributed by atoms with van der Waals surface area (Å²) in [5, 5.41) is 3.27. The molecule has 2 saturated heterocycles. The van der Waals surface area contributed by atoms with Gasteiger partial charge in [0.05, 0.1) is 6.42 Å². The lowest BCUT2D eigenvalue weighted by Gasteiger charge is -2.17. The summed E-state index contributed by atoms with van der Waals surface area (Å²) in [7, 11) is 0. The standard InChI is InChI=1S/C9H15F3N2/c10-9(11,12)1-2-14-5-7-3-13-4-8(7)6-14/h7-8,13H,1-6H2. The van der Waals surface area contributed by atoms with E-state index < -0.39 is 12.6 Å². The molecule has 0 radical (unpaired) electrons. The van der Waals surface area contributed by atoms with Crippen LogP contribution in [0.1, 0.15) is 6.42 Å². The van der Waals surface area contributed by atoms with Gasteiger partial charge in [0.25, 0.3) is 0 Å². The highest BCUT2D eigenvalue weighted by atomic mass is 19.4. The van der Waals surface area contributed by atoms with E-state index in [0.717, 1.165) is 26.2 Å². The van der Waals surface area contributed by atoms with Crippen LogP contribution in [-0.2, 0) is 0 Å². The predicted octanol–water partition coefficient (Wildman–Crippen LogP) is 1.09. The van der Waals surface area contributed by atoms with E-state index in [-0.39, 0.29) is 6.54 Å². The minimum Gasteiger partial charge on any atom is -0.316 e. The van der Waals surface area contributed by atoms with Crippen molar-refractivity contribution in [2.75, 3.05) is 32.7 Å². The molecule has 0 aromatic carbocycles. The van der Waals surface area contributed by atoms with Crippen molar-refractivity contribution in [3.63, 3.8) is 0 Å². The third kappa shape index (κ3) is 2.39. The summed E-state index contributed by atoms with van der Waals surface area (Å²) >= 11 is 0. The monoisotopic (exact) mass is 208 g/mol. The Morgan fingerprint density at radius 1 is 1.14 bits per heavy atom. The molecule has 0 saturated carbocycles. The summed E-state index contributed by atoms with van der Waals surface area (Å²) in [6.07, 6.45) is -4.67. The van der Waals surface area contributed by atoms with Gasteiger partial charge in [-0.2, -0.15) is 13.2 Å². The maximum Gasteiger partial charge on any atom is 0.390 e. The van der Waals surface area contributed by atoms with Crippen LogP contribution in [0.4, 0.5) is 13.2 Å². The molecule has 2 heterocycles. The number of fused-ring (bicyclic) bond motifs is 1. The smallest absolute Gasteiger partial charge is 0.316 e. The number of likely N-dealkylation sites (tertiary alicyclic amines) is 1. The van der Waals surface area contributed by atoms with Gasteiger partial charge in [0.1, 0.15) is 0 Å². The van der Waals surface area contributed by atoms with Gasteiger partial charge >= 0.3 is 6.18 Å². The fourth-order valence-electron chi connectivity index (χ4n) is 2.42. The second-order valence-electron chi connectivity index (χ2n) is 4.30. The van der Waals surface area contributed by atoms with Crippen LogP contribution in [0, 0.1) is 11.8 Å². The fourth-order valence-corrected chi connectivity index (χ4v) is 2.42. The molecular weight excluding hydrogens is 193 g/mol. The van der Waals surface area contributed by atoms with E-state index in [1.54, 1.807) is 0 Å². The zero-order chi connectivity index (χ0) is 10.2. The minimum absolute atomic E-state index is 0.177. The molecule has 2 aliphatic heterocycles. The zero-order valence-electron chi connectivity index (χ0n) is 7.98. The van der Waals surface area contributed by atoms with Crippen LogP contribution in [0.2, 0.25) is 0 Å². The van der Waals surface area contributed by atoms with Gasteiger partial charge in [-0.25, -0.2) is 0 Å². The molecule has 0 aromatic rings. The summed E-state index contributed by atoms with van der Waals surface area (Å²) < 4.78 is 35.9. The Bertz CT molecular complexity index is 193. The molecule has 2 atom stereocenters. The van der Waals surface area contributed by atoms with Crippen molar-refractivity contribution < 1.29 is 13.2 Å². The Morgan fingerprint density at radius 3 is 2.21 bits per heavy atom. The molecule has 5 heteroatoms. The third-order valence-corrected chi connectivity index (χ3v) is 3.18. The van der Waals surface area contributed by atoms with E-state index in [4.69, 9.17) is 0 Å². The molecule has 2 rings (SSSR count). The van der Waals surface area contributed by atoms with Gasteiger partial charge in [-0.15, -0.1) is 0 Å². The Balaban J connectivity index is 1.74. The molecule has 0 bridgehead atoms. The summed E-state index contributed by atoms with van der Waals surface area (Å²) in [6, 6.07) is 0. The Labute approximate surface area is 81.5 Å². The highest BCUT2D eigenvalue weighted by molar-refractivity contribution is 4.91. The van der Waals surface area contributed by atoms with E-state index in [9.17, 15) is 13.2 Å². The first kappa shape index (κ1) is 10.2. The van der Waals surface area contributed by atoms with E-state index in [1.165, 1.54) is 0 Å². The maximum absolute atomic E-state index is 12.0. The molecule has 82 valence electrons. The Morgan fingerprint density at radius 2 is 1.71 bits per heavy atom. The minimum atomic E-state index is -4.00. The second-order valence-corrected chi connectivity index (χ2v) is 4.30. The van der Waals surface area contributed by atoms with Crippen molar-refractivity contribution in [3.05, 3.63) is 0 Å². The van der Waals surface area contributed by atoms with Gasteiger partial charge in [0.2, 0.25) is 0 Å². The third-order valence-electron chi connectivity index (χ3n) is 3.18. The largest absolute Gasteiger partial charge is 0.390 e. The van der Waals surface area contributed by atoms with Gasteiger partial charge in [-0.3, -0.25) is 0 Å². The van der Waals surface area contributed by atoms with Crippen LogP contribution in [0.3, 0.4) is 0 Å².